The summed E-state index contributed by atoms with van der Waals surface area (Å²) in [5, 5.41) is 16.3. The Morgan fingerprint density at radius 1 is 1.42 bits per heavy atom. The molecule has 3 rings (SSSR count). The van der Waals surface area contributed by atoms with Gasteiger partial charge in [0.2, 0.25) is 11.0 Å². The molecular weight excluding hydrogens is 390 g/mol. The third-order valence-corrected chi connectivity index (χ3v) is 6.71. The largest absolute Gasteiger partial charge is 0.333 e. The molecule has 0 bridgehead atoms. The summed E-state index contributed by atoms with van der Waals surface area (Å²) in [4.78, 5) is 27.7. The number of rotatable bonds is 6. The predicted octanol–water partition coefficient (Wildman–Crippen LogP) is 3.27. The molecule has 0 spiro atoms. The summed E-state index contributed by atoms with van der Waals surface area (Å²) in [6.07, 6.45) is 1.59. The first-order chi connectivity index (χ1) is 12.7. The molecule has 140 valence electrons. The topological polar surface area (TPSA) is 87.2 Å². The number of piperidine rings is 1. The zero-order valence-corrected chi connectivity index (χ0v) is 16.9. The zero-order valence-electron chi connectivity index (χ0n) is 14.4. The van der Waals surface area contributed by atoms with Gasteiger partial charge in [0.05, 0.1) is 12.5 Å². The van der Waals surface area contributed by atoms with E-state index in [4.69, 9.17) is 0 Å². The molecule has 7 nitrogen and oxygen atoms in total. The van der Waals surface area contributed by atoms with Crippen LogP contribution in [0.2, 0.25) is 0 Å². The SMILES string of the molecule is CCSc1nnc(NC(=O)C2CCCN(C(=O)NCc3cccs3)C2)s1. The number of urea groups is 1. The van der Waals surface area contributed by atoms with Gasteiger partial charge in [0.25, 0.3) is 0 Å². The summed E-state index contributed by atoms with van der Waals surface area (Å²) in [6, 6.07) is 3.84. The van der Waals surface area contributed by atoms with Gasteiger partial charge in [0.1, 0.15) is 0 Å². The highest BCUT2D eigenvalue weighted by Gasteiger charge is 2.29. The fourth-order valence-corrected chi connectivity index (χ4v) is 5.01. The molecule has 26 heavy (non-hydrogen) atoms. The van der Waals surface area contributed by atoms with Gasteiger partial charge in [0, 0.05) is 18.0 Å². The molecule has 1 aliphatic heterocycles. The fourth-order valence-electron chi connectivity index (χ4n) is 2.71. The molecule has 1 fully saturated rings. The van der Waals surface area contributed by atoms with Crippen LogP contribution < -0.4 is 10.6 Å². The minimum atomic E-state index is -0.220. The highest BCUT2D eigenvalue weighted by Crippen LogP contribution is 2.26. The fraction of sp³-hybridized carbons (Fsp3) is 0.500. The maximum Gasteiger partial charge on any atom is 0.317 e. The van der Waals surface area contributed by atoms with Crippen LogP contribution in [-0.4, -0.2) is 45.9 Å². The van der Waals surface area contributed by atoms with Crippen LogP contribution in [0, 0.1) is 5.92 Å². The Morgan fingerprint density at radius 2 is 2.31 bits per heavy atom. The second kappa shape index (κ2) is 9.33. The molecule has 2 N–H and O–H groups in total. The lowest BCUT2D eigenvalue weighted by Crippen LogP contribution is -2.47. The van der Waals surface area contributed by atoms with Crippen molar-refractivity contribution >= 4 is 51.5 Å². The Hall–Kier alpha value is -1.65. The lowest BCUT2D eigenvalue weighted by molar-refractivity contribution is -0.121. The van der Waals surface area contributed by atoms with E-state index in [1.54, 1.807) is 28.0 Å². The van der Waals surface area contributed by atoms with Crippen LogP contribution in [0.3, 0.4) is 0 Å². The number of hydrogen-bond acceptors (Lipinski definition) is 7. The van der Waals surface area contributed by atoms with Gasteiger partial charge in [-0.15, -0.1) is 21.5 Å². The lowest BCUT2D eigenvalue weighted by Gasteiger charge is -2.31. The van der Waals surface area contributed by atoms with Gasteiger partial charge >= 0.3 is 6.03 Å². The van der Waals surface area contributed by atoms with Crippen molar-refractivity contribution in [3.05, 3.63) is 22.4 Å². The van der Waals surface area contributed by atoms with Crippen molar-refractivity contribution in [3.63, 3.8) is 0 Å². The van der Waals surface area contributed by atoms with Crippen molar-refractivity contribution < 1.29 is 9.59 Å². The number of anilines is 1. The van der Waals surface area contributed by atoms with Gasteiger partial charge in [-0.25, -0.2) is 4.79 Å². The molecule has 3 heterocycles. The number of nitrogens with one attached hydrogen (secondary N) is 2. The quantitative estimate of drug-likeness (QED) is 0.563. The Balaban J connectivity index is 1.50. The second-order valence-electron chi connectivity index (χ2n) is 5.82. The van der Waals surface area contributed by atoms with E-state index in [2.05, 4.69) is 20.8 Å². The van der Waals surface area contributed by atoms with E-state index in [0.717, 1.165) is 27.8 Å². The van der Waals surface area contributed by atoms with E-state index in [-0.39, 0.29) is 17.9 Å². The van der Waals surface area contributed by atoms with Crippen molar-refractivity contribution in [3.8, 4) is 0 Å². The Kier molecular flexibility index (Phi) is 6.86. The van der Waals surface area contributed by atoms with E-state index in [0.29, 0.717) is 24.8 Å². The molecule has 0 aromatic carbocycles. The van der Waals surface area contributed by atoms with E-state index in [9.17, 15) is 9.59 Å². The van der Waals surface area contributed by atoms with Crippen LogP contribution in [-0.2, 0) is 11.3 Å². The molecule has 2 aromatic rings. The molecule has 2 aromatic heterocycles. The van der Waals surface area contributed by atoms with Gasteiger partial charge in [0.15, 0.2) is 4.34 Å². The average molecular weight is 412 g/mol. The molecule has 1 saturated heterocycles. The molecule has 1 atom stereocenters. The number of hydrogen-bond donors (Lipinski definition) is 2. The molecule has 3 amide bonds. The number of thioether (sulfide) groups is 1. The molecule has 1 aliphatic rings. The number of carbonyl (C=O) groups excluding carboxylic acids is 2. The summed E-state index contributed by atoms with van der Waals surface area (Å²) in [7, 11) is 0. The third kappa shape index (κ3) is 5.18. The molecule has 10 heteroatoms. The number of aromatic nitrogens is 2. The first-order valence-electron chi connectivity index (χ1n) is 8.48. The lowest BCUT2D eigenvalue weighted by atomic mass is 9.97. The Bertz CT molecular complexity index is 734. The highest BCUT2D eigenvalue weighted by atomic mass is 32.2. The van der Waals surface area contributed by atoms with Crippen LogP contribution >= 0.6 is 34.4 Å². The molecule has 0 saturated carbocycles. The third-order valence-electron chi connectivity index (χ3n) is 3.98. The monoisotopic (exact) mass is 411 g/mol. The van der Waals surface area contributed by atoms with E-state index < -0.39 is 0 Å². The minimum Gasteiger partial charge on any atom is -0.333 e. The maximum absolute atomic E-state index is 12.5. The molecule has 0 radical (unpaired) electrons. The molecule has 1 unspecified atom stereocenters. The van der Waals surface area contributed by atoms with E-state index in [1.165, 1.54) is 11.3 Å². The molecular formula is C16H21N5O2S3. The number of nitrogens with zero attached hydrogens (tertiary/aromatic N) is 3. The Morgan fingerprint density at radius 3 is 3.08 bits per heavy atom. The summed E-state index contributed by atoms with van der Waals surface area (Å²) >= 11 is 4.59. The van der Waals surface area contributed by atoms with Crippen molar-refractivity contribution in [2.75, 3.05) is 24.2 Å². The van der Waals surface area contributed by atoms with Crippen molar-refractivity contribution in [2.24, 2.45) is 5.92 Å². The summed E-state index contributed by atoms with van der Waals surface area (Å²) in [6.45, 7) is 3.67. The minimum absolute atomic E-state index is 0.0926. The molecule has 0 aliphatic carbocycles. The highest BCUT2D eigenvalue weighted by molar-refractivity contribution is 8.01. The van der Waals surface area contributed by atoms with Crippen molar-refractivity contribution in [1.82, 2.24) is 20.4 Å². The first-order valence-corrected chi connectivity index (χ1v) is 11.2. The summed E-state index contributed by atoms with van der Waals surface area (Å²) < 4.78 is 0.848. The van der Waals surface area contributed by atoms with Crippen LogP contribution in [0.5, 0.6) is 0 Å². The first kappa shape index (κ1) is 19.1. The van der Waals surface area contributed by atoms with Gasteiger partial charge in [-0.2, -0.15) is 0 Å². The number of amides is 3. The maximum atomic E-state index is 12.5. The standard InChI is InChI=1S/C16H21N5O2S3/c1-2-24-16-20-19-14(26-16)18-13(22)11-5-3-7-21(10-11)15(23)17-9-12-6-4-8-25-12/h4,6,8,11H,2-3,5,7,9-10H2,1H3,(H,17,23)(H,18,19,22). The normalized spacial score (nSPS) is 17.1. The van der Waals surface area contributed by atoms with Gasteiger partial charge in [-0.05, 0) is 30.0 Å². The van der Waals surface area contributed by atoms with Crippen molar-refractivity contribution in [1.29, 1.82) is 0 Å². The smallest absolute Gasteiger partial charge is 0.317 e. The average Bonchev–Trinajstić information content (AvgIpc) is 3.32. The summed E-state index contributed by atoms with van der Waals surface area (Å²) in [5.74, 6) is 0.605. The van der Waals surface area contributed by atoms with Gasteiger partial charge < -0.3 is 15.5 Å². The van der Waals surface area contributed by atoms with E-state index in [1.807, 2.05) is 24.4 Å². The number of likely N-dealkylation sites (tertiary alicyclic amines) is 1. The van der Waals surface area contributed by atoms with Crippen LogP contribution in [0.25, 0.3) is 0 Å². The van der Waals surface area contributed by atoms with Crippen LogP contribution in [0.15, 0.2) is 21.9 Å². The van der Waals surface area contributed by atoms with Gasteiger partial charge in [-0.1, -0.05) is 36.1 Å². The number of carbonyl (C=O) groups is 2. The van der Waals surface area contributed by atoms with Crippen LogP contribution in [0.4, 0.5) is 9.93 Å². The zero-order chi connectivity index (χ0) is 18.4. The number of thiophene rings is 1. The van der Waals surface area contributed by atoms with Gasteiger partial charge in [-0.3, -0.25) is 4.79 Å². The summed E-state index contributed by atoms with van der Waals surface area (Å²) in [5.41, 5.74) is 0. The van der Waals surface area contributed by atoms with E-state index >= 15 is 0 Å². The second-order valence-corrected chi connectivity index (χ2v) is 9.34. The predicted molar refractivity (Wildman–Crippen MR) is 106 cm³/mol. The Labute approximate surface area is 164 Å². The van der Waals surface area contributed by atoms with Crippen LogP contribution in [0.1, 0.15) is 24.6 Å². The van der Waals surface area contributed by atoms with Crippen molar-refractivity contribution in [2.45, 2.75) is 30.6 Å².